The van der Waals surface area contributed by atoms with Crippen molar-refractivity contribution in [1.82, 2.24) is 10.2 Å². The zero-order chi connectivity index (χ0) is 16.5. The smallest absolute Gasteiger partial charge is 0.221 e. The van der Waals surface area contributed by atoms with E-state index in [1.165, 1.54) is 5.69 Å². The zero-order valence-corrected chi connectivity index (χ0v) is 14.2. The average Bonchev–Trinajstić information content (AvgIpc) is 2.57. The van der Waals surface area contributed by atoms with Gasteiger partial charge in [0.25, 0.3) is 0 Å². The third-order valence-electron chi connectivity index (χ3n) is 4.05. The fraction of sp³-hybridized carbons (Fsp3) is 0.588. The van der Waals surface area contributed by atoms with E-state index in [-0.39, 0.29) is 5.91 Å². The number of ether oxygens (including phenoxy) is 1. The van der Waals surface area contributed by atoms with Crippen molar-refractivity contribution in [2.75, 3.05) is 70.2 Å². The van der Waals surface area contributed by atoms with Crippen molar-refractivity contribution in [3.05, 3.63) is 24.3 Å². The molecule has 1 fully saturated rings. The summed E-state index contributed by atoms with van der Waals surface area (Å²) in [4.78, 5) is 16.3. The molecule has 2 rings (SSSR count). The maximum absolute atomic E-state index is 11.6. The lowest BCUT2D eigenvalue weighted by Crippen LogP contribution is -2.44. The molecule has 1 amide bonds. The Bertz CT molecular complexity index is 470. The van der Waals surface area contributed by atoms with Gasteiger partial charge in [-0.15, -0.1) is 0 Å². The number of hydrogen-bond donors (Lipinski definition) is 2. The van der Waals surface area contributed by atoms with E-state index in [9.17, 15) is 4.79 Å². The fourth-order valence-corrected chi connectivity index (χ4v) is 2.56. The van der Waals surface area contributed by atoms with Crippen molar-refractivity contribution >= 4 is 17.3 Å². The number of methoxy groups -OCH3 is 1. The molecule has 1 aromatic carbocycles. The minimum Gasteiger partial charge on any atom is -0.385 e. The Hall–Kier alpha value is -1.79. The number of nitrogens with zero attached hydrogens (tertiary/aromatic N) is 2. The Kier molecular flexibility index (Phi) is 7.16. The molecule has 1 aliphatic heterocycles. The van der Waals surface area contributed by atoms with Crippen LogP contribution in [0, 0.1) is 0 Å². The Balaban J connectivity index is 1.69. The molecule has 0 unspecified atom stereocenters. The summed E-state index contributed by atoms with van der Waals surface area (Å²) >= 11 is 0. The summed E-state index contributed by atoms with van der Waals surface area (Å²) in [5.41, 5.74) is 2.31. The average molecular weight is 320 g/mol. The zero-order valence-electron chi connectivity index (χ0n) is 14.2. The Morgan fingerprint density at radius 2 is 1.83 bits per heavy atom. The van der Waals surface area contributed by atoms with Crippen LogP contribution in [-0.2, 0) is 9.53 Å². The number of benzene rings is 1. The third-order valence-corrected chi connectivity index (χ3v) is 4.05. The molecule has 1 aromatic rings. The first-order chi connectivity index (χ1) is 11.2. The standard InChI is InChI=1S/C17H28N4O2/c1-20-10-12-21(13-11-20)16-5-3-15(4-6-16)18-8-7-17(22)19-9-14-23-2/h3-6,18H,7-14H2,1-2H3,(H,19,22). The molecule has 1 saturated heterocycles. The number of amides is 1. The summed E-state index contributed by atoms with van der Waals surface area (Å²) in [7, 11) is 3.79. The van der Waals surface area contributed by atoms with Crippen LogP contribution < -0.4 is 15.5 Å². The van der Waals surface area contributed by atoms with Gasteiger partial charge in [-0.25, -0.2) is 0 Å². The van der Waals surface area contributed by atoms with Crippen molar-refractivity contribution < 1.29 is 9.53 Å². The topological polar surface area (TPSA) is 56.8 Å². The predicted molar refractivity (Wildman–Crippen MR) is 94.1 cm³/mol. The van der Waals surface area contributed by atoms with E-state index in [1.807, 2.05) is 0 Å². The van der Waals surface area contributed by atoms with Crippen LogP contribution in [-0.4, -0.2) is 70.8 Å². The first-order valence-electron chi connectivity index (χ1n) is 8.22. The van der Waals surface area contributed by atoms with E-state index < -0.39 is 0 Å². The van der Waals surface area contributed by atoms with Crippen molar-refractivity contribution in [1.29, 1.82) is 0 Å². The van der Waals surface area contributed by atoms with Crippen LogP contribution in [0.25, 0.3) is 0 Å². The molecule has 0 aliphatic carbocycles. The van der Waals surface area contributed by atoms with Gasteiger partial charge in [0.1, 0.15) is 0 Å². The van der Waals surface area contributed by atoms with E-state index in [0.29, 0.717) is 26.1 Å². The van der Waals surface area contributed by atoms with Crippen LogP contribution in [0.4, 0.5) is 11.4 Å². The van der Waals surface area contributed by atoms with Gasteiger partial charge >= 0.3 is 0 Å². The number of rotatable bonds is 8. The lowest BCUT2D eigenvalue weighted by molar-refractivity contribution is -0.121. The first-order valence-corrected chi connectivity index (χ1v) is 8.22. The summed E-state index contributed by atoms with van der Waals surface area (Å²) in [6, 6.07) is 8.45. The van der Waals surface area contributed by atoms with Gasteiger partial charge in [-0.3, -0.25) is 4.79 Å². The maximum atomic E-state index is 11.6. The summed E-state index contributed by atoms with van der Waals surface area (Å²) in [6.45, 7) is 6.11. The molecule has 0 bridgehead atoms. The molecule has 0 radical (unpaired) electrons. The Labute approximate surface area is 138 Å². The lowest BCUT2D eigenvalue weighted by atomic mass is 10.2. The summed E-state index contributed by atoms with van der Waals surface area (Å²) in [5.74, 6) is 0.0450. The highest BCUT2D eigenvalue weighted by Gasteiger charge is 2.13. The van der Waals surface area contributed by atoms with E-state index in [1.54, 1.807) is 7.11 Å². The Morgan fingerprint density at radius 1 is 1.13 bits per heavy atom. The molecule has 0 spiro atoms. The number of hydrogen-bond acceptors (Lipinski definition) is 5. The number of nitrogens with one attached hydrogen (secondary N) is 2. The third kappa shape index (κ3) is 6.08. The largest absolute Gasteiger partial charge is 0.385 e. The first kappa shape index (κ1) is 17.6. The van der Waals surface area contributed by atoms with Crippen molar-refractivity contribution in [3.63, 3.8) is 0 Å². The molecule has 128 valence electrons. The van der Waals surface area contributed by atoms with Crippen LogP contribution in [0.1, 0.15) is 6.42 Å². The molecular weight excluding hydrogens is 292 g/mol. The quantitative estimate of drug-likeness (QED) is 0.700. The fourth-order valence-electron chi connectivity index (χ4n) is 2.56. The van der Waals surface area contributed by atoms with Gasteiger partial charge in [0.2, 0.25) is 5.91 Å². The Morgan fingerprint density at radius 3 is 2.48 bits per heavy atom. The highest BCUT2D eigenvalue weighted by Crippen LogP contribution is 2.19. The second kappa shape index (κ2) is 9.37. The second-order valence-electron chi connectivity index (χ2n) is 5.86. The van der Waals surface area contributed by atoms with Gasteiger partial charge in [-0.1, -0.05) is 0 Å². The van der Waals surface area contributed by atoms with Gasteiger partial charge in [-0.05, 0) is 31.3 Å². The number of piperazine rings is 1. The van der Waals surface area contributed by atoms with Gasteiger partial charge in [-0.2, -0.15) is 0 Å². The number of likely N-dealkylation sites (N-methyl/N-ethyl adjacent to an activating group) is 1. The molecular formula is C17H28N4O2. The molecule has 1 heterocycles. The molecule has 23 heavy (non-hydrogen) atoms. The number of carbonyl (C=O) groups excluding carboxylic acids is 1. The van der Waals surface area contributed by atoms with Crippen molar-refractivity contribution in [2.24, 2.45) is 0 Å². The highest BCUT2D eigenvalue weighted by atomic mass is 16.5. The molecule has 6 nitrogen and oxygen atoms in total. The van der Waals surface area contributed by atoms with Crippen LogP contribution in [0.15, 0.2) is 24.3 Å². The molecule has 0 saturated carbocycles. The SMILES string of the molecule is COCCNC(=O)CCNc1ccc(N2CCN(C)CC2)cc1. The monoisotopic (exact) mass is 320 g/mol. The maximum Gasteiger partial charge on any atom is 0.221 e. The van der Waals surface area contributed by atoms with E-state index in [0.717, 1.165) is 31.9 Å². The van der Waals surface area contributed by atoms with Crippen LogP contribution in [0.2, 0.25) is 0 Å². The van der Waals surface area contributed by atoms with Gasteiger partial charge < -0.3 is 25.2 Å². The molecule has 0 aromatic heterocycles. The van der Waals surface area contributed by atoms with E-state index in [2.05, 4.69) is 51.7 Å². The van der Waals surface area contributed by atoms with Crippen molar-refractivity contribution in [3.8, 4) is 0 Å². The minimum atomic E-state index is 0.0450. The summed E-state index contributed by atoms with van der Waals surface area (Å²) in [5, 5.41) is 6.10. The van der Waals surface area contributed by atoms with Gasteiger partial charge in [0.15, 0.2) is 0 Å². The van der Waals surface area contributed by atoms with Crippen molar-refractivity contribution in [2.45, 2.75) is 6.42 Å². The van der Waals surface area contributed by atoms with E-state index >= 15 is 0 Å². The van der Waals surface area contributed by atoms with Gasteiger partial charge in [0.05, 0.1) is 6.61 Å². The minimum absolute atomic E-state index is 0.0450. The van der Waals surface area contributed by atoms with Crippen LogP contribution >= 0.6 is 0 Å². The summed E-state index contributed by atoms with van der Waals surface area (Å²) in [6.07, 6.45) is 0.462. The normalized spacial score (nSPS) is 15.5. The van der Waals surface area contributed by atoms with Crippen LogP contribution in [0.3, 0.4) is 0 Å². The van der Waals surface area contributed by atoms with E-state index in [4.69, 9.17) is 4.74 Å². The molecule has 1 aliphatic rings. The molecule has 0 atom stereocenters. The number of anilines is 2. The predicted octanol–water partition coefficient (Wildman–Crippen LogP) is 1.00. The summed E-state index contributed by atoms with van der Waals surface area (Å²) < 4.78 is 4.90. The lowest BCUT2D eigenvalue weighted by Gasteiger charge is -2.34. The highest BCUT2D eigenvalue weighted by molar-refractivity contribution is 5.76. The van der Waals surface area contributed by atoms with Crippen LogP contribution in [0.5, 0.6) is 0 Å². The van der Waals surface area contributed by atoms with Gasteiger partial charge in [0, 0.05) is 64.2 Å². The number of carbonyl (C=O) groups is 1. The molecule has 6 heteroatoms. The second-order valence-corrected chi connectivity index (χ2v) is 5.86. The molecule has 2 N–H and O–H groups in total.